The molecule has 2 heterocycles. The molecule has 0 bridgehead atoms. The summed E-state index contributed by atoms with van der Waals surface area (Å²) in [5, 5.41) is 6.26. The molecule has 0 aliphatic heterocycles. The molecule has 3 rings (SSSR count). The highest BCUT2D eigenvalue weighted by Gasteiger charge is 2.32. The van der Waals surface area contributed by atoms with Crippen molar-refractivity contribution >= 4 is 34.4 Å². The average Bonchev–Trinajstić information content (AvgIpc) is 3.09. The Morgan fingerprint density at radius 3 is 2.70 bits per heavy atom. The van der Waals surface area contributed by atoms with Gasteiger partial charge in [-0.2, -0.15) is 0 Å². The molecule has 0 saturated heterocycles. The Bertz CT molecular complexity index is 690. The van der Waals surface area contributed by atoms with Gasteiger partial charge < -0.3 is 5.32 Å². The lowest BCUT2D eigenvalue weighted by Gasteiger charge is -2.01. The number of carbonyl (C=O) groups is 2. The Hall–Kier alpha value is -1.60. The first kappa shape index (κ1) is 16.3. The van der Waals surface area contributed by atoms with Gasteiger partial charge in [-0.05, 0) is 31.6 Å². The van der Waals surface area contributed by atoms with E-state index in [1.165, 1.54) is 0 Å². The number of ketones is 1. The molecule has 0 unspecified atom stereocenters. The van der Waals surface area contributed by atoms with E-state index in [0.29, 0.717) is 24.5 Å². The number of hydrogen-bond acceptors (Lipinski definition) is 6. The highest BCUT2D eigenvalue weighted by molar-refractivity contribution is 7.20. The van der Waals surface area contributed by atoms with Crippen LogP contribution in [0.1, 0.15) is 59.8 Å². The predicted octanol–water partition coefficient (Wildman–Crippen LogP) is 3.63. The number of aromatic nitrogens is 2. The number of carbonyl (C=O) groups excluding carboxylic acids is 2. The van der Waals surface area contributed by atoms with Gasteiger partial charge in [-0.25, -0.2) is 9.97 Å². The highest BCUT2D eigenvalue weighted by atomic mass is 32.1. The van der Waals surface area contributed by atoms with Gasteiger partial charge >= 0.3 is 0 Å². The van der Waals surface area contributed by atoms with Crippen LogP contribution < -0.4 is 5.32 Å². The van der Waals surface area contributed by atoms with Crippen LogP contribution in [0.2, 0.25) is 0 Å². The summed E-state index contributed by atoms with van der Waals surface area (Å²) in [6.07, 6.45) is 6.44. The molecule has 1 aliphatic carbocycles. The van der Waals surface area contributed by atoms with Gasteiger partial charge in [0, 0.05) is 36.3 Å². The zero-order valence-electron chi connectivity index (χ0n) is 13.0. The molecule has 1 N–H and O–H groups in total. The number of thiazole rings is 2. The monoisotopic (exact) mass is 349 g/mol. The van der Waals surface area contributed by atoms with Crippen LogP contribution in [0, 0.1) is 0 Å². The van der Waals surface area contributed by atoms with Gasteiger partial charge in [0.25, 0.3) is 0 Å². The molecule has 0 spiro atoms. The molecule has 0 radical (unpaired) electrons. The smallest absolute Gasteiger partial charge is 0.219 e. The van der Waals surface area contributed by atoms with Crippen molar-refractivity contribution in [3.05, 3.63) is 22.1 Å². The molecular weight excluding hydrogens is 330 g/mol. The van der Waals surface area contributed by atoms with Crippen molar-refractivity contribution in [1.82, 2.24) is 15.3 Å². The fourth-order valence-electron chi connectivity index (χ4n) is 2.39. The van der Waals surface area contributed by atoms with Crippen molar-refractivity contribution in [2.45, 2.75) is 44.4 Å². The molecular formula is C16H19N3O2S2. The largest absolute Gasteiger partial charge is 0.359 e. The fourth-order valence-corrected chi connectivity index (χ4v) is 4.32. The molecule has 1 aliphatic rings. The number of hydrogen-bond donors (Lipinski definition) is 1. The summed E-state index contributed by atoms with van der Waals surface area (Å²) in [4.78, 5) is 33.7. The maximum absolute atomic E-state index is 12.5. The Labute approximate surface area is 143 Å². The number of nitrogens with one attached hydrogen (secondary N) is 1. The second kappa shape index (κ2) is 7.31. The summed E-state index contributed by atoms with van der Waals surface area (Å²) in [5.41, 5.74) is 0.641. The topological polar surface area (TPSA) is 72.0 Å². The van der Waals surface area contributed by atoms with Gasteiger partial charge in [-0.3, -0.25) is 9.59 Å². The molecule has 1 saturated carbocycles. The van der Waals surface area contributed by atoms with E-state index in [1.807, 2.05) is 5.38 Å². The van der Waals surface area contributed by atoms with Crippen LogP contribution >= 0.6 is 22.7 Å². The third-order valence-corrected chi connectivity index (χ3v) is 5.95. The number of nitrogens with zero attached hydrogens (tertiary/aromatic N) is 2. The van der Waals surface area contributed by atoms with Gasteiger partial charge in [0.05, 0.1) is 0 Å². The van der Waals surface area contributed by atoms with Crippen molar-refractivity contribution < 1.29 is 9.59 Å². The Balaban J connectivity index is 1.66. The maximum atomic E-state index is 12.5. The van der Waals surface area contributed by atoms with E-state index in [0.717, 1.165) is 40.6 Å². The first-order valence-electron chi connectivity index (χ1n) is 7.83. The normalized spacial score (nSPS) is 14.0. The van der Waals surface area contributed by atoms with E-state index in [2.05, 4.69) is 15.3 Å². The standard InChI is InChI=1S/C16H19N3O2S2/c1-17-12(21)5-3-2-4-11(20)13-14(10-6-7-10)23-16(19-13)15-18-8-9-22-15/h8-10H,2-7H2,1H3,(H,17,21). The molecule has 122 valence electrons. The summed E-state index contributed by atoms with van der Waals surface area (Å²) in [7, 11) is 1.63. The minimum Gasteiger partial charge on any atom is -0.359 e. The van der Waals surface area contributed by atoms with Gasteiger partial charge in [-0.15, -0.1) is 22.7 Å². The van der Waals surface area contributed by atoms with Crippen molar-refractivity contribution in [1.29, 1.82) is 0 Å². The SMILES string of the molecule is CNC(=O)CCCCC(=O)c1nc(-c2nccs2)sc1C1CC1. The Kier molecular flexibility index (Phi) is 5.17. The van der Waals surface area contributed by atoms with E-state index < -0.39 is 0 Å². The van der Waals surface area contributed by atoms with E-state index in [1.54, 1.807) is 35.9 Å². The average molecular weight is 349 g/mol. The van der Waals surface area contributed by atoms with Crippen molar-refractivity contribution in [2.24, 2.45) is 0 Å². The van der Waals surface area contributed by atoms with Crippen LogP contribution in [0.25, 0.3) is 10.0 Å². The molecule has 2 aromatic heterocycles. The van der Waals surface area contributed by atoms with E-state index in [-0.39, 0.29) is 11.7 Å². The molecule has 23 heavy (non-hydrogen) atoms. The van der Waals surface area contributed by atoms with E-state index in [9.17, 15) is 9.59 Å². The minimum atomic E-state index is 0.0239. The number of Topliss-reactive ketones (excluding diaryl/α,β-unsaturated/α-hetero) is 1. The van der Waals surface area contributed by atoms with Crippen LogP contribution in [0.4, 0.5) is 0 Å². The quantitative estimate of drug-likeness (QED) is 0.583. The lowest BCUT2D eigenvalue weighted by molar-refractivity contribution is -0.120. The van der Waals surface area contributed by atoms with Crippen LogP contribution in [0.5, 0.6) is 0 Å². The summed E-state index contributed by atoms with van der Waals surface area (Å²) < 4.78 is 0. The minimum absolute atomic E-state index is 0.0239. The van der Waals surface area contributed by atoms with Crippen LogP contribution in [-0.2, 0) is 4.79 Å². The van der Waals surface area contributed by atoms with E-state index >= 15 is 0 Å². The second-order valence-corrected chi connectivity index (χ2v) is 7.57. The molecule has 1 fully saturated rings. The van der Waals surface area contributed by atoms with Gasteiger partial charge in [-0.1, -0.05) is 0 Å². The number of unbranched alkanes of at least 4 members (excludes halogenated alkanes) is 1. The maximum Gasteiger partial charge on any atom is 0.219 e. The first-order valence-corrected chi connectivity index (χ1v) is 9.53. The zero-order valence-corrected chi connectivity index (χ0v) is 14.6. The summed E-state index contributed by atoms with van der Waals surface area (Å²) in [6, 6.07) is 0. The third kappa shape index (κ3) is 4.03. The van der Waals surface area contributed by atoms with Gasteiger partial charge in [0.15, 0.2) is 15.8 Å². The second-order valence-electron chi connectivity index (χ2n) is 5.65. The molecule has 5 nitrogen and oxygen atoms in total. The zero-order chi connectivity index (χ0) is 16.2. The Morgan fingerprint density at radius 1 is 1.26 bits per heavy atom. The predicted molar refractivity (Wildman–Crippen MR) is 92.1 cm³/mol. The van der Waals surface area contributed by atoms with Gasteiger partial charge in [0.2, 0.25) is 5.91 Å². The first-order chi connectivity index (χ1) is 11.2. The van der Waals surface area contributed by atoms with Crippen LogP contribution in [0.3, 0.4) is 0 Å². The third-order valence-electron chi connectivity index (χ3n) is 3.82. The summed E-state index contributed by atoms with van der Waals surface area (Å²) in [6.45, 7) is 0. The molecule has 1 amide bonds. The van der Waals surface area contributed by atoms with Crippen LogP contribution in [0.15, 0.2) is 11.6 Å². The molecule has 2 aromatic rings. The molecule has 0 aromatic carbocycles. The summed E-state index contributed by atoms with van der Waals surface area (Å²) >= 11 is 3.17. The fraction of sp³-hybridized carbons (Fsp3) is 0.500. The van der Waals surface area contributed by atoms with Gasteiger partial charge in [0.1, 0.15) is 5.69 Å². The number of amides is 1. The Morgan fingerprint density at radius 2 is 2.04 bits per heavy atom. The van der Waals surface area contributed by atoms with Crippen LogP contribution in [-0.4, -0.2) is 28.7 Å². The van der Waals surface area contributed by atoms with Crippen molar-refractivity contribution in [2.75, 3.05) is 7.05 Å². The van der Waals surface area contributed by atoms with E-state index in [4.69, 9.17) is 0 Å². The molecule has 7 heteroatoms. The van der Waals surface area contributed by atoms with Crippen molar-refractivity contribution in [3.63, 3.8) is 0 Å². The summed E-state index contributed by atoms with van der Waals surface area (Å²) in [5.74, 6) is 0.629. The molecule has 0 atom stereocenters. The highest BCUT2D eigenvalue weighted by Crippen LogP contribution is 2.46. The number of rotatable bonds is 8. The van der Waals surface area contributed by atoms with Crippen molar-refractivity contribution in [3.8, 4) is 10.0 Å². The lowest BCUT2D eigenvalue weighted by atomic mass is 10.1. The lowest BCUT2D eigenvalue weighted by Crippen LogP contribution is -2.17.